The van der Waals surface area contributed by atoms with Gasteiger partial charge in [0.2, 0.25) is 0 Å². The van der Waals surface area contributed by atoms with Crippen LogP contribution >= 0.6 is 56.7 Å². The first kappa shape index (κ1) is 24.3. The minimum absolute atomic E-state index is 0. The van der Waals surface area contributed by atoms with E-state index in [9.17, 15) is 18.3 Å². The van der Waals surface area contributed by atoms with Gasteiger partial charge in [-0.15, -0.1) is 24.8 Å². The van der Waals surface area contributed by atoms with E-state index in [0.717, 1.165) is 18.7 Å². The molecule has 1 atom stereocenters. The monoisotopic (exact) mass is 516 g/mol. The molecule has 0 saturated carbocycles. The first-order valence-electron chi connectivity index (χ1n) is 6.97. The van der Waals surface area contributed by atoms with Gasteiger partial charge < -0.3 is 10.4 Å². The quantitative estimate of drug-likeness (QED) is 0.585. The molecule has 3 nitrogen and oxygen atoms in total. The lowest BCUT2D eigenvalue weighted by molar-refractivity contribution is -0.138. The Morgan fingerprint density at radius 3 is 2.08 bits per heavy atom. The molecule has 1 aliphatic rings. The first-order chi connectivity index (χ1) is 10.3. The van der Waals surface area contributed by atoms with Crippen LogP contribution in [-0.4, -0.2) is 42.4 Å². The fourth-order valence-corrected chi connectivity index (χ4v) is 3.85. The Hall–Kier alpha value is 0.270. The minimum Gasteiger partial charge on any atom is -0.506 e. The summed E-state index contributed by atoms with van der Waals surface area (Å²) in [5, 5.41) is 13.0. The number of hydrogen-bond acceptors (Lipinski definition) is 3. The SMILES string of the molecule is Cl.Cl.Oc1c(Br)cc([C@@H](CCC(F)(F)F)N2CCNCC2)cc1Br. The fourth-order valence-electron chi connectivity index (χ4n) is 2.63. The largest absolute Gasteiger partial charge is 0.506 e. The van der Waals surface area contributed by atoms with Gasteiger partial charge in [-0.1, -0.05) is 0 Å². The number of phenolic OH excluding ortho intramolecular Hbond substituents is 1. The molecule has 0 unspecified atom stereocenters. The second kappa shape index (κ2) is 10.4. The van der Waals surface area contributed by atoms with E-state index in [-0.39, 0.29) is 43.0 Å². The maximum atomic E-state index is 12.6. The molecule has 1 aromatic carbocycles. The zero-order chi connectivity index (χ0) is 16.3. The van der Waals surface area contributed by atoms with E-state index >= 15 is 0 Å². The van der Waals surface area contributed by atoms with Crippen molar-refractivity contribution in [1.29, 1.82) is 0 Å². The molecule has 1 fully saturated rings. The Morgan fingerprint density at radius 2 is 1.62 bits per heavy atom. The molecule has 1 aromatic rings. The van der Waals surface area contributed by atoms with Gasteiger partial charge in [-0.25, -0.2) is 0 Å². The van der Waals surface area contributed by atoms with Crippen LogP contribution in [-0.2, 0) is 0 Å². The third-order valence-electron chi connectivity index (χ3n) is 3.72. The number of aromatic hydroxyl groups is 1. The summed E-state index contributed by atoms with van der Waals surface area (Å²) in [6.45, 7) is 2.95. The predicted molar refractivity (Wildman–Crippen MR) is 100 cm³/mol. The zero-order valence-electron chi connectivity index (χ0n) is 12.6. The summed E-state index contributed by atoms with van der Waals surface area (Å²) in [6.07, 6.45) is -4.98. The normalized spacial score (nSPS) is 16.9. The molecular weight excluding hydrogens is 500 g/mol. The molecule has 2 rings (SSSR count). The van der Waals surface area contributed by atoms with Crippen LogP contribution < -0.4 is 5.32 Å². The van der Waals surface area contributed by atoms with Gasteiger partial charge in [0, 0.05) is 38.6 Å². The topological polar surface area (TPSA) is 35.5 Å². The number of rotatable bonds is 4. The van der Waals surface area contributed by atoms with Gasteiger partial charge in [-0.05, 0) is 56.0 Å². The molecule has 0 spiro atoms. The van der Waals surface area contributed by atoms with E-state index in [0.29, 0.717) is 22.0 Å². The third kappa shape index (κ3) is 6.88. The molecule has 0 amide bonds. The highest BCUT2D eigenvalue weighted by molar-refractivity contribution is 9.11. The molecule has 0 aliphatic carbocycles. The van der Waals surface area contributed by atoms with Crippen molar-refractivity contribution >= 4 is 56.7 Å². The highest BCUT2D eigenvalue weighted by Gasteiger charge is 2.31. The Morgan fingerprint density at radius 1 is 1.12 bits per heavy atom. The van der Waals surface area contributed by atoms with Crippen molar-refractivity contribution < 1.29 is 18.3 Å². The average Bonchev–Trinajstić information content (AvgIpc) is 2.45. The van der Waals surface area contributed by atoms with Crippen molar-refractivity contribution in [2.24, 2.45) is 0 Å². The number of piperazine rings is 1. The molecule has 140 valence electrons. The highest BCUT2D eigenvalue weighted by Crippen LogP contribution is 2.39. The van der Waals surface area contributed by atoms with Gasteiger partial charge in [0.25, 0.3) is 0 Å². The molecule has 0 aromatic heterocycles. The highest BCUT2D eigenvalue weighted by atomic mass is 79.9. The number of halogens is 7. The van der Waals surface area contributed by atoms with E-state index in [1.54, 1.807) is 12.1 Å². The average molecular weight is 519 g/mol. The molecular formula is C14H19Br2Cl2F3N2O. The maximum Gasteiger partial charge on any atom is 0.389 e. The van der Waals surface area contributed by atoms with Crippen LogP contribution in [0.5, 0.6) is 5.75 Å². The van der Waals surface area contributed by atoms with Crippen molar-refractivity contribution in [2.45, 2.75) is 25.1 Å². The summed E-state index contributed by atoms with van der Waals surface area (Å²) >= 11 is 6.49. The van der Waals surface area contributed by atoms with Crippen LogP contribution in [0.4, 0.5) is 13.2 Å². The molecule has 0 bridgehead atoms. The van der Waals surface area contributed by atoms with Gasteiger partial charge in [0.15, 0.2) is 0 Å². The Kier molecular flexibility index (Phi) is 10.5. The molecule has 1 aliphatic heterocycles. The number of nitrogens with one attached hydrogen (secondary N) is 1. The number of hydrogen-bond donors (Lipinski definition) is 2. The third-order valence-corrected chi connectivity index (χ3v) is 4.93. The fraction of sp³-hybridized carbons (Fsp3) is 0.571. The smallest absolute Gasteiger partial charge is 0.389 e. The zero-order valence-corrected chi connectivity index (χ0v) is 17.4. The number of alkyl halides is 3. The molecule has 1 heterocycles. The Bertz CT molecular complexity index is 506. The maximum absolute atomic E-state index is 12.6. The van der Waals surface area contributed by atoms with Crippen LogP contribution in [0.25, 0.3) is 0 Å². The van der Waals surface area contributed by atoms with Gasteiger partial charge in [0.1, 0.15) is 5.75 Å². The second-order valence-electron chi connectivity index (χ2n) is 5.29. The van der Waals surface area contributed by atoms with Crippen LogP contribution in [0.2, 0.25) is 0 Å². The summed E-state index contributed by atoms with van der Waals surface area (Å²) in [5.74, 6) is 0.0543. The molecule has 2 N–H and O–H groups in total. The summed E-state index contributed by atoms with van der Waals surface area (Å²) in [6, 6.07) is 3.07. The molecule has 24 heavy (non-hydrogen) atoms. The lowest BCUT2D eigenvalue weighted by Crippen LogP contribution is -2.45. The standard InChI is InChI=1S/C14H17Br2F3N2O.2ClH/c15-10-7-9(8-11(16)13(10)22)12(1-2-14(17,18)19)21-5-3-20-4-6-21;;/h7-8,12,20,22H,1-6H2;2*1H/t12-;;/m1../s1. The Balaban J connectivity index is 0.00000264. The molecule has 0 radical (unpaired) electrons. The van der Waals surface area contributed by atoms with Gasteiger partial charge in [-0.3, -0.25) is 4.90 Å². The molecule has 10 heteroatoms. The van der Waals surface area contributed by atoms with Crippen molar-refractivity contribution in [3.8, 4) is 5.75 Å². The van der Waals surface area contributed by atoms with Crippen molar-refractivity contribution in [1.82, 2.24) is 10.2 Å². The minimum atomic E-state index is -4.17. The van der Waals surface area contributed by atoms with Crippen molar-refractivity contribution in [3.05, 3.63) is 26.6 Å². The first-order valence-corrected chi connectivity index (χ1v) is 8.56. The van der Waals surface area contributed by atoms with Gasteiger partial charge >= 0.3 is 6.18 Å². The van der Waals surface area contributed by atoms with E-state index in [1.165, 1.54) is 0 Å². The van der Waals surface area contributed by atoms with Crippen LogP contribution in [0.3, 0.4) is 0 Å². The number of phenols is 1. The van der Waals surface area contributed by atoms with E-state index in [2.05, 4.69) is 42.1 Å². The van der Waals surface area contributed by atoms with E-state index in [1.807, 2.05) is 0 Å². The van der Waals surface area contributed by atoms with Crippen LogP contribution in [0.1, 0.15) is 24.4 Å². The molecule has 1 saturated heterocycles. The summed E-state index contributed by atoms with van der Waals surface area (Å²) in [5.41, 5.74) is 0.766. The van der Waals surface area contributed by atoms with Crippen molar-refractivity contribution in [2.75, 3.05) is 26.2 Å². The number of nitrogens with zero attached hydrogens (tertiary/aromatic N) is 1. The predicted octanol–water partition coefficient (Wildman–Crippen LogP) is 5.05. The van der Waals surface area contributed by atoms with Crippen molar-refractivity contribution in [3.63, 3.8) is 0 Å². The van der Waals surface area contributed by atoms with E-state index < -0.39 is 12.6 Å². The van der Waals surface area contributed by atoms with Crippen LogP contribution in [0.15, 0.2) is 21.1 Å². The lowest BCUT2D eigenvalue weighted by atomic mass is 9.99. The second-order valence-corrected chi connectivity index (χ2v) is 7.00. The van der Waals surface area contributed by atoms with Gasteiger partial charge in [0.05, 0.1) is 8.95 Å². The summed E-state index contributed by atoms with van der Waals surface area (Å²) in [4.78, 5) is 2.06. The van der Waals surface area contributed by atoms with Crippen LogP contribution in [0, 0.1) is 0 Å². The Labute approximate surface area is 168 Å². The lowest BCUT2D eigenvalue weighted by Gasteiger charge is -2.35. The van der Waals surface area contributed by atoms with E-state index in [4.69, 9.17) is 0 Å². The summed E-state index contributed by atoms with van der Waals surface area (Å²) < 4.78 is 38.8. The van der Waals surface area contributed by atoms with Gasteiger partial charge in [-0.2, -0.15) is 13.2 Å². The summed E-state index contributed by atoms with van der Waals surface area (Å²) in [7, 11) is 0. The number of benzene rings is 1.